The molecule has 0 radical (unpaired) electrons. The molecule has 0 aliphatic carbocycles. The Morgan fingerprint density at radius 1 is 1.00 bits per heavy atom. The zero-order valence-electron chi connectivity index (χ0n) is 11.9. The summed E-state index contributed by atoms with van der Waals surface area (Å²) in [6.45, 7) is 0. The Morgan fingerprint density at radius 2 is 1.57 bits per heavy atom. The van der Waals surface area contributed by atoms with Crippen LogP contribution in [-0.2, 0) is 0 Å². The molecule has 3 aromatic rings. The van der Waals surface area contributed by atoms with Crippen molar-refractivity contribution in [3.8, 4) is 0 Å². The second-order valence-electron chi connectivity index (χ2n) is 4.24. The first kappa shape index (κ1) is 20.2. The van der Waals surface area contributed by atoms with Gasteiger partial charge in [0.2, 0.25) is 5.95 Å². The molecule has 0 bridgehead atoms. The van der Waals surface area contributed by atoms with Crippen LogP contribution in [0.25, 0.3) is 10.9 Å². The van der Waals surface area contributed by atoms with Crippen LogP contribution in [0.1, 0.15) is 10.4 Å². The van der Waals surface area contributed by atoms with Gasteiger partial charge in [0.15, 0.2) is 0 Å². The molecule has 3 rings (SSSR count). The van der Waals surface area contributed by atoms with Gasteiger partial charge >= 0.3 is 49.6 Å². The fraction of sp³-hybridized carbons (Fsp3) is 0. The summed E-state index contributed by atoms with van der Waals surface area (Å²) in [5.41, 5.74) is 0.876. The van der Waals surface area contributed by atoms with E-state index in [4.69, 9.17) is 13.0 Å². The number of rotatable bonds is 1. The molecule has 0 saturated heterocycles. The van der Waals surface area contributed by atoms with Gasteiger partial charge in [0.25, 0.3) is 0 Å². The third-order valence-corrected chi connectivity index (χ3v) is 2.71. The number of benzene rings is 2. The summed E-state index contributed by atoms with van der Waals surface area (Å²) in [5.74, 6) is -2.25. The van der Waals surface area contributed by atoms with Crippen molar-refractivity contribution < 1.29 is 25.2 Å². The minimum absolute atomic E-state index is 0. The predicted molar refractivity (Wildman–Crippen MR) is 84.4 cm³/mol. The van der Waals surface area contributed by atoms with Gasteiger partial charge in [-0.25, -0.2) is 9.78 Å². The topological polar surface area (TPSA) is 110 Å². The molecule has 0 atom stereocenters. The quantitative estimate of drug-likeness (QED) is 0.547. The van der Waals surface area contributed by atoms with Crippen molar-refractivity contribution >= 4 is 30.2 Å². The summed E-state index contributed by atoms with van der Waals surface area (Å²) in [6, 6.07) is 17.5. The van der Waals surface area contributed by atoms with Gasteiger partial charge in [0.1, 0.15) is 5.56 Å². The molecule has 1 heterocycles. The fourth-order valence-electron chi connectivity index (χ4n) is 1.70. The van der Waals surface area contributed by atoms with Crippen LogP contribution in [0.15, 0.2) is 60.7 Å². The van der Waals surface area contributed by atoms with Crippen molar-refractivity contribution in [3.63, 3.8) is 0 Å². The maximum atomic E-state index is 13.1. The Labute approximate surface area is 133 Å². The van der Waals surface area contributed by atoms with Crippen molar-refractivity contribution in [1.82, 2.24) is 4.98 Å². The van der Waals surface area contributed by atoms with E-state index < -0.39 is 17.5 Å². The van der Waals surface area contributed by atoms with Crippen molar-refractivity contribution in [2.75, 3.05) is 0 Å². The van der Waals surface area contributed by atoms with E-state index in [-0.39, 0.29) is 11.0 Å². The van der Waals surface area contributed by atoms with E-state index in [1.807, 2.05) is 30.3 Å². The first-order valence-corrected chi connectivity index (χ1v) is 6.17. The van der Waals surface area contributed by atoms with E-state index in [0.29, 0.717) is 10.9 Å². The number of fused-ring (bicyclic) bond motifs is 1. The van der Waals surface area contributed by atoms with Crippen LogP contribution < -0.4 is 5.46 Å². The molecular formula is C16H13BFNO4. The van der Waals surface area contributed by atoms with E-state index in [2.05, 4.69) is 4.98 Å². The van der Waals surface area contributed by atoms with Gasteiger partial charge in [-0.05, 0) is 12.1 Å². The SMILES string of the molecule is O=C(O)c1cc2ccccc2nc1F.[B+2]c1ccccc1.[OH-].[OH-]. The molecule has 0 saturated carbocycles. The number of aromatic carboxylic acids is 1. The van der Waals surface area contributed by atoms with Gasteiger partial charge in [-0.15, -0.1) is 0 Å². The molecule has 2 aromatic carbocycles. The minimum atomic E-state index is -1.30. The standard InChI is InChI=1S/C10H6FNO2.C6H5B.2H2O/c11-9-7(10(13)14)5-6-3-1-2-4-8(6)12-9;7-6-4-2-1-3-5-6;;/h1-5H,(H,13,14);1-5H;2*1H2/q;+2;;/p-2. The molecule has 0 spiro atoms. The fourth-order valence-corrected chi connectivity index (χ4v) is 1.70. The predicted octanol–water partition coefficient (Wildman–Crippen LogP) is 2.20. The van der Waals surface area contributed by atoms with Gasteiger partial charge in [0.05, 0.1) is 5.52 Å². The van der Waals surface area contributed by atoms with E-state index in [0.717, 1.165) is 5.46 Å². The molecule has 23 heavy (non-hydrogen) atoms. The summed E-state index contributed by atoms with van der Waals surface area (Å²) < 4.78 is 13.1. The molecule has 3 N–H and O–H groups in total. The second kappa shape index (κ2) is 9.29. The first-order chi connectivity index (χ1) is 10.1. The van der Waals surface area contributed by atoms with Gasteiger partial charge in [-0.2, -0.15) is 4.39 Å². The number of carboxylic acids is 1. The normalized spacial score (nSPS) is 9.00. The Bertz CT molecular complexity index is 768. The maximum absolute atomic E-state index is 13.1. The second-order valence-corrected chi connectivity index (χ2v) is 4.24. The molecular weight excluding hydrogens is 300 g/mol. The number of pyridine rings is 1. The van der Waals surface area contributed by atoms with Crippen molar-refractivity contribution in [2.45, 2.75) is 0 Å². The third-order valence-electron chi connectivity index (χ3n) is 2.71. The number of halogens is 1. The van der Waals surface area contributed by atoms with Crippen LogP contribution in [0.5, 0.6) is 0 Å². The summed E-state index contributed by atoms with van der Waals surface area (Å²) in [7, 11) is 5.36. The summed E-state index contributed by atoms with van der Waals surface area (Å²) in [5, 5.41) is 9.26. The van der Waals surface area contributed by atoms with Crippen LogP contribution in [0.2, 0.25) is 0 Å². The number of para-hydroxylation sites is 1. The average molecular weight is 313 g/mol. The molecule has 0 fully saturated rings. The molecule has 116 valence electrons. The molecule has 0 amide bonds. The number of hydrogen-bond acceptors (Lipinski definition) is 4. The summed E-state index contributed by atoms with van der Waals surface area (Å²) in [4.78, 5) is 14.1. The largest absolute Gasteiger partial charge is 0.870 e. The van der Waals surface area contributed by atoms with Gasteiger partial charge < -0.3 is 16.1 Å². The van der Waals surface area contributed by atoms with Gasteiger partial charge in [-0.1, -0.05) is 18.2 Å². The van der Waals surface area contributed by atoms with Crippen LogP contribution >= 0.6 is 0 Å². The number of aromatic nitrogens is 1. The number of carbonyl (C=O) groups is 1. The smallest absolute Gasteiger partial charge is 0.870 e. The third kappa shape index (κ3) is 5.50. The zero-order chi connectivity index (χ0) is 15.2. The Morgan fingerprint density at radius 3 is 2.09 bits per heavy atom. The monoisotopic (exact) mass is 313 g/mol. The zero-order valence-corrected chi connectivity index (χ0v) is 11.9. The molecule has 0 aliphatic rings. The molecule has 1 aromatic heterocycles. The van der Waals surface area contributed by atoms with E-state index in [1.165, 1.54) is 6.07 Å². The van der Waals surface area contributed by atoms with Gasteiger partial charge in [0, 0.05) is 5.39 Å². The van der Waals surface area contributed by atoms with Crippen LogP contribution in [0.4, 0.5) is 4.39 Å². The minimum Gasteiger partial charge on any atom is -0.870 e. The van der Waals surface area contributed by atoms with E-state index in [1.54, 1.807) is 24.3 Å². The number of nitrogens with zero attached hydrogens (tertiary/aromatic N) is 1. The van der Waals surface area contributed by atoms with Crippen molar-refractivity contribution in [3.05, 3.63) is 72.2 Å². The number of hydrogen-bond donors (Lipinski definition) is 1. The van der Waals surface area contributed by atoms with E-state index >= 15 is 0 Å². The van der Waals surface area contributed by atoms with Crippen molar-refractivity contribution in [1.29, 1.82) is 0 Å². The maximum Gasteiger partial charge on any atom is -0.870 e. The van der Waals surface area contributed by atoms with Crippen LogP contribution in [0.3, 0.4) is 0 Å². The molecule has 5 nitrogen and oxygen atoms in total. The van der Waals surface area contributed by atoms with Gasteiger partial charge in [-0.3, -0.25) is 0 Å². The molecule has 0 unspecified atom stereocenters. The van der Waals surface area contributed by atoms with Crippen LogP contribution in [-0.4, -0.2) is 34.9 Å². The Hall–Kier alpha value is -2.77. The van der Waals surface area contributed by atoms with Crippen LogP contribution in [0, 0.1) is 5.95 Å². The molecule has 0 aliphatic heterocycles. The molecule has 7 heteroatoms. The van der Waals surface area contributed by atoms with Crippen molar-refractivity contribution in [2.24, 2.45) is 0 Å². The summed E-state index contributed by atoms with van der Waals surface area (Å²) >= 11 is 0. The summed E-state index contributed by atoms with van der Waals surface area (Å²) in [6.07, 6.45) is 0. The number of carboxylic acid groups (broad SMARTS) is 1. The Balaban J connectivity index is 0.000000463. The first-order valence-electron chi connectivity index (χ1n) is 6.17. The Kier molecular flexibility index (Phi) is 8.18. The average Bonchev–Trinajstić information content (AvgIpc) is 2.47. The van der Waals surface area contributed by atoms with E-state index in [9.17, 15) is 9.18 Å².